The topological polar surface area (TPSA) is 60.5 Å². The number of ether oxygens (including phenoxy) is 2. The minimum atomic E-state index is -0.284. The second-order valence-corrected chi connectivity index (χ2v) is 7.42. The number of thiazole rings is 1. The van der Waals surface area contributed by atoms with Gasteiger partial charge in [0.1, 0.15) is 21.4 Å². The van der Waals surface area contributed by atoms with Crippen LogP contribution < -0.4 is 14.8 Å². The normalized spacial score (nSPS) is 10.6. The minimum Gasteiger partial charge on any atom is -0.495 e. The number of aryl methyl sites for hydroxylation is 1. The third-order valence-electron chi connectivity index (χ3n) is 3.82. The van der Waals surface area contributed by atoms with Crippen LogP contribution in [0.15, 0.2) is 36.4 Å². The number of carbonyl (C=O) groups excluding carboxylic acids is 1. The summed E-state index contributed by atoms with van der Waals surface area (Å²) < 4.78 is 10.5. The van der Waals surface area contributed by atoms with Crippen LogP contribution in [0.5, 0.6) is 11.5 Å². The molecule has 0 radical (unpaired) electrons. The lowest BCUT2D eigenvalue weighted by Gasteiger charge is -2.12. The fourth-order valence-electron chi connectivity index (χ4n) is 2.46. The van der Waals surface area contributed by atoms with Crippen molar-refractivity contribution >= 4 is 46.1 Å². The molecule has 0 aliphatic heterocycles. The van der Waals surface area contributed by atoms with Crippen LogP contribution >= 0.6 is 34.5 Å². The highest BCUT2D eigenvalue weighted by molar-refractivity contribution is 7.17. The number of hydrogen-bond donors (Lipinski definition) is 1. The summed E-state index contributed by atoms with van der Waals surface area (Å²) in [5.74, 6) is 0.595. The average molecular weight is 423 g/mol. The van der Waals surface area contributed by atoms with E-state index in [-0.39, 0.29) is 5.91 Å². The van der Waals surface area contributed by atoms with Crippen molar-refractivity contribution in [3.05, 3.63) is 57.0 Å². The Bertz CT molecular complexity index is 987. The van der Waals surface area contributed by atoms with Crippen LogP contribution in [0.25, 0.3) is 10.6 Å². The van der Waals surface area contributed by atoms with Crippen LogP contribution in [0.2, 0.25) is 10.0 Å². The van der Waals surface area contributed by atoms with Gasteiger partial charge in [-0.05, 0) is 19.1 Å². The number of anilines is 1. The molecule has 0 aliphatic carbocycles. The zero-order valence-corrected chi connectivity index (χ0v) is 17.1. The molecule has 1 aromatic heterocycles. The van der Waals surface area contributed by atoms with Gasteiger partial charge in [-0.15, -0.1) is 11.3 Å². The minimum absolute atomic E-state index is 0.284. The summed E-state index contributed by atoms with van der Waals surface area (Å²) in [4.78, 5) is 17.8. The molecule has 3 rings (SSSR count). The Labute approximate surface area is 170 Å². The van der Waals surface area contributed by atoms with Crippen LogP contribution in [0.1, 0.15) is 15.4 Å². The van der Waals surface area contributed by atoms with E-state index in [1.807, 2.05) is 12.1 Å². The predicted octanol–water partition coefficient (Wildman–Crippen LogP) is 5.69. The Morgan fingerprint density at radius 2 is 1.74 bits per heavy atom. The first kappa shape index (κ1) is 19.5. The van der Waals surface area contributed by atoms with Crippen LogP contribution in [-0.2, 0) is 0 Å². The van der Waals surface area contributed by atoms with E-state index in [1.165, 1.54) is 25.6 Å². The number of nitrogens with one attached hydrogen (secondary N) is 1. The van der Waals surface area contributed by atoms with Crippen molar-refractivity contribution in [1.29, 1.82) is 0 Å². The molecule has 0 bridgehead atoms. The molecular formula is C19H16Cl2N2O3S. The Hall–Kier alpha value is -2.28. The van der Waals surface area contributed by atoms with Crippen molar-refractivity contribution in [2.24, 2.45) is 0 Å². The van der Waals surface area contributed by atoms with E-state index < -0.39 is 0 Å². The molecule has 1 heterocycles. The molecule has 0 unspecified atom stereocenters. The summed E-state index contributed by atoms with van der Waals surface area (Å²) in [6.07, 6.45) is 0. The lowest BCUT2D eigenvalue weighted by Crippen LogP contribution is -2.12. The van der Waals surface area contributed by atoms with Gasteiger partial charge in [0.15, 0.2) is 0 Å². The maximum absolute atomic E-state index is 12.8. The van der Waals surface area contributed by atoms with E-state index in [2.05, 4.69) is 10.3 Å². The number of benzene rings is 2. The lowest BCUT2D eigenvalue weighted by molar-refractivity contribution is 0.102. The first-order valence-electron chi connectivity index (χ1n) is 7.89. The number of rotatable bonds is 5. The third kappa shape index (κ3) is 4.18. The molecule has 0 saturated carbocycles. The molecule has 1 amide bonds. The molecule has 0 atom stereocenters. The number of nitrogens with zero attached hydrogens (tertiary/aromatic N) is 1. The molecular weight excluding hydrogens is 407 g/mol. The predicted molar refractivity (Wildman–Crippen MR) is 110 cm³/mol. The number of carbonyl (C=O) groups is 1. The molecule has 27 heavy (non-hydrogen) atoms. The van der Waals surface area contributed by atoms with Crippen LogP contribution in [-0.4, -0.2) is 25.1 Å². The van der Waals surface area contributed by atoms with Gasteiger partial charge in [0, 0.05) is 22.7 Å². The van der Waals surface area contributed by atoms with E-state index in [1.54, 1.807) is 31.2 Å². The van der Waals surface area contributed by atoms with E-state index >= 15 is 0 Å². The second-order valence-electron chi connectivity index (χ2n) is 5.58. The smallest absolute Gasteiger partial charge is 0.267 e. The van der Waals surface area contributed by atoms with Crippen molar-refractivity contribution < 1.29 is 14.3 Å². The summed E-state index contributed by atoms with van der Waals surface area (Å²) in [7, 11) is 3.01. The number of aromatic nitrogens is 1. The molecule has 3 aromatic rings. The van der Waals surface area contributed by atoms with Gasteiger partial charge >= 0.3 is 0 Å². The van der Waals surface area contributed by atoms with Crippen LogP contribution in [0, 0.1) is 6.92 Å². The summed E-state index contributed by atoms with van der Waals surface area (Å²) in [6.45, 7) is 1.80. The third-order valence-corrected chi connectivity index (χ3v) is 5.57. The fraction of sp³-hybridized carbons (Fsp3) is 0.158. The molecule has 5 nitrogen and oxygen atoms in total. The monoisotopic (exact) mass is 422 g/mol. The maximum Gasteiger partial charge on any atom is 0.267 e. The number of hydrogen-bond acceptors (Lipinski definition) is 5. The standard InChI is InChI=1S/C19H16Cl2N2O3S/c1-10-17(27-19(22-10)11-4-6-12(20)7-5-11)18(24)23-14-9-15(25-2)13(21)8-16(14)26-3/h4-9H,1-3H3,(H,23,24). The Morgan fingerprint density at radius 1 is 1.07 bits per heavy atom. The molecule has 0 saturated heterocycles. The Kier molecular flexibility index (Phi) is 5.89. The van der Waals surface area contributed by atoms with Crippen molar-refractivity contribution in [3.63, 3.8) is 0 Å². The quantitative estimate of drug-likeness (QED) is 0.572. The summed E-state index contributed by atoms with van der Waals surface area (Å²) in [6, 6.07) is 10.5. The maximum atomic E-state index is 12.8. The molecule has 0 fully saturated rings. The number of methoxy groups -OCH3 is 2. The zero-order valence-electron chi connectivity index (χ0n) is 14.8. The zero-order chi connectivity index (χ0) is 19.6. The Balaban J connectivity index is 1.90. The summed E-state index contributed by atoms with van der Waals surface area (Å²) >= 11 is 13.3. The highest BCUT2D eigenvalue weighted by atomic mass is 35.5. The molecule has 0 spiro atoms. The van der Waals surface area contributed by atoms with Gasteiger partial charge in [0.2, 0.25) is 0 Å². The molecule has 2 aromatic carbocycles. The first-order chi connectivity index (χ1) is 12.9. The van der Waals surface area contributed by atoms with Gasteiger partial charge in [-0.25, -0.2) is 4.98 Å². The molecule has 8 heteroatoms. The lowest BCUT2D eigenvalue weighted by atomic mass is 10.2. The highest BCUT2D eigenvalue weighted by Gasteiger charge is 2.19. The first-order valence-corrected chi connectivity index (χ1v) is 9.46. The van der Waals surface area contributed by atoms with E-state index in [9.17, 15) is 4.79 Å². The average Bonchev–Trinajstić information content (AvgIpc) is 3.05. The van der Waals surface area contributed by atoms with Crippen molar-refractivity contribution in [3.8, 4) is 22.1 Å². The largest absolute Gasteiger partial charge is 0.495 e. The van der Waals surface area contributed by atoms with Gasteiger partial charge in [0.05, 0.1) is 30.6 Å². The van der Waals surface area contributed by atoms with Crippen LogP contribution in [0.4, 0.5) is 5.69 Å². The summed E-state index contributed by atoms with van der Waals surface area (Å²) in [5, 5.41) is 4.63. The number of amides is 1. The van der Waals surface area contributed by atoms with Gasteiger partial charge in [-0.3, -0.25) is 4.79 Å². The number of halogens is 2. The van der Waals surface area contributed by atoms with Gasteiger partial charge in [0.25, 0.3) is 5.91 Å². The second kappa shape index (κ2) is 8.17. The van der Waals surface area contributed by atoms with Crippen molar-refractivity contribution in [1.82, 2.24) is 4.98 Å². The highest BCUT2D eigenvalue weighted by Crippen LogP contribution is 2.37. The van der Waals surface area contributed by atoms with E-state index in [0.717, 1.165) is 10.6 Å². The van der Waals surface area contributed by atoms with Crippen molar-refractivity contribution in [2.45, 2.75) is 6.92 Å². The SMILES string of the molecule is COc1cc(NC(=O)c2sc(-c3ccc(Cl)cc3)nc2C)c(OC)cc1Cl. The molecule has 140 valence electrons. The molecule has 0 aliphatic rings. The van der Waals surface area contributed by atoms with Gasteiger partial charge in [-0.1, -0.05) is 35.3 Å². The van der Waals surface area contributed by atoms with E-state index in [4.69, 9.17) is 32.7 Å². The van der Waals surface area contributed by atoms with Gasteiger partial charge in [-0.2, -0.15) is 0 Å². The summed E-state index contributed by atoms with van der Waals surface area (Å²) in [5.41, 5.74) is 2.00. The van der Waals surface area contributed by atoms with Crippen LogP contribution in [0.3, 0.4) is 0 Å². The fourth-order valence-corrected chi connectivity index (χ4v) is 3.78. The van der Waals surface area contributed by atoms with Crippen molar-refractivity contribution in [2.75, 3.05) is 19.5 Å². The Morgan fingerprint density at radius 3 is 2.37 bits per heavy atom. The molecule has 1 N–H and O–H groups in total. The van der Waals surface area contributed by atoms with Gasteiger partial charge < -0.3 is 14.8 Å². The van der Waals surface area contributed by atoms with E-state index in [0.29, 0.717) is 37.8 Å².